The first-order valence-electron chi connectivity index (χ1n) is 11.9. The van der Waals surface area contributed by atoms with Gasteiger partial charge in [-0.05, 0) is 59.7 Å². The third-order valence-corrected chi connectivity index (χ3v) is 6.59. The van der Waals surface area contributed by atoms with Crippen LogP contribution in [0.15, 0.2) is 127 Å². The molecule has 0 aliphatic rings. The number of benzene rings is 5. The van der Waals surface area contributed by atoms with Crippen molar-refractivity contribution in [1.82, 2.24) is 4.57 Å². The van der Waals surface area contributed by atoms with Crippen LogP contribution in [-0.2, 0) is 7.05 Å². The van der Waals surface area contributed by atoms with Crippen LogP contribution in [0.4, 0.5) is 17.1 Å². The first kappa shape index (κ1) is 21.0. The summed E-state index contributed by atoms with van der Waals surface area (Å²) in [6, 6.07) is 45.1. The molecule has 6 aromatic rings. The Hall–Kier alpha value is -4.56. The third kappa shape index (κ3) is 4.00. The van der Waals surface area contributed by atoms with Gasteiger partial charge in [-0.1, -0.05) is 91.0 Å². The van der Waals surface area contributed by atoms with E-state index in [2.05, 4.69) is 150 Å². The average Bonchev–Trinajstić information content (AvgIpc) is 3.21. The summed E-state index contributed by atoms with van der Waals surface area (Å²) in [5.41, 5.74) is 8.28. The van der Waals surface area contributed by atoms with Gasteiger partial charge in [0.05, 0.1) is 0 Å². The van der Waals surface area contributed by atoms with E-state index in [4.69, 9.17) is 0 Å². The Morgan fingerprint density at radius 2 is 1.03 bits per heavy atom. The Balaban J connectivity index is 1.43. The SMILES string of the molecule is Cn1c2ccccc2c2cc(N(c3ccccc3)c3ccc(C=Cc4ccccc4)cc3)ccc21. The molecule has 0 saturated carbocycles. The number of aryl methyl sites for hydroxylation is 1. The van der Waals surface area contributed by atoms with E-state index in [1.807, 2.05) is 6.07 Å². The molecule has 0 radical (unpaired) electrons. The number of hydrogen-bond donors (Lipinski definition) is 0. The van der Waals surface area contributed by atoms with Crippen molar-refractivity contribution in [3.63, 3.8) is 0 Å². The van der Waals surface area contributed by atoms with Crippen molar-refractivity contribution in [3.8, 4) is 0 Å². The second-order valence-electron chi connectivity index (χ2n) is 8.78. The van der Waals surface area contributed by atoms with Gasteiger partial charge in [-0.15, -0.1) is 0 Å². The second-order valence-corrected chi connectivity index (χ2v) is 8.78. The zero-order valence-corrected chi connectivity index (χ0v) is 19.7. The molecule has 1 aromatic heterocycles. The van der Waals surface area contributed by atoms with Gasteiger partial charge in [-0.2, -0.15) is 0 Å². The van der Waals surface area contributed by atoms with E-state index in [9.17, 15) is 0 Å². The van der Waals surface area contributed by atoms with Gasteiger partial charge in [0.2, 0.25) is 0 Å². The summed E-state index contributed by atoms with van der Waals surface area (Å²) in [7, 11) is 2.14. The summed E-state index contributed by atoms with van der Waals surface area (Å²) >= 11 is 0. The van der Waals surface area contributed by atoms with E-state index in [1.54, 1.807) is 0 Å². The molecule has 0 saturated heterocycles. The highest BCUT2D eigenvalue weighted by molar-refractivity contribution is 6.09. The van der Waals surface area contributed by atoms with Crippen molar-refractivity contribution in [2.75, 3.05) is 4.90 Å². The van der Waals surface area contributed by atoms with Crippen molar-refractivity contribution in [2.24, 2.45) is 7.05 Å². The Morgan fingerprint density at radius 1 is 0.486 bits per heavy atom. The van der Waals surface area contributed by atoms with Gasteiger partial charge < -0.3 is 9.47 Å². The van der Waals surface area contributed by atoms with E-state index >= 15 is 0 Å². The Kier molecular flexibility index (Phi) is 5.40. The highest BCUT2D eigenvalue weighted by Gasteiger charge is 2.15. The summed E-state index contributed by atoms with van der Waals surface area (Å²) in [6.45, 7) is 0. The molecular formula is C33H26N2. The minimum atomic E-state index is 1.13. The maximum absolute atomic E-state index is 2.33. The lowest BCUT2D eigenvalue weighted by atomic mass is 10.1. The average molecular weight is 451 g/mol. The van der Waals surface area contributed by atoms with Gasteiger partial charge in [0.15, 0.2) is 0 Å². The molecule has 0 atom stereocenters. The summed E-state index contributed by atoms with van der Waals surface area (Å²) in [5, 5.41) is 2.55. The van der Waals surface area contributed by atoms with Crippen molar-refractivity contribution >= 4 is 51.0 Å². The maximum Gasteiger partial charge on any atom is 0.0490 e. The molecule has 0 N–H and O–H groups in total. The normalized spacial score (nSPS) is 11.5. The fraction of sp³-hybridized carbons (Fsp3) is 0.0303. The molecule has 2 nitrogen and oxygen atoms in total. The predicted octanol–water partition coefficient (Wildman–Crippen LogP) is 8.97. The minimum Gasteiger partial charge on any atom is -0.344 e. The van der Waals surface area contributed by atoms with Gasteiger partial charge in [-0.3, -0.25) is 0 Å². The summed E-state index contributed by atoms with van der Waals surface area (Å²) in [6.07, 6.45) is 4.31. The quantitative estimate of drug-likeness (QED) is 0.238. The number of para-hydroxylation sites is 2. The van der Waals surface area contributed by atoms with Gasteiger partial charge in [0.25, 0.3) is 0 Å². The molecular weight excluding hydrogens is 424 g/mol. The minimum absolute atomic E-state index is 1.13. The van der Waals surface area contributed by atoms with Crippen molar-refractivity contribution in [3.05, 3.63) is 139 Å². The van der Waals surface area contributed by atoms with Crippen LogP contribution in [0.5, 0.6) is 0 Å². The molecule has 0 bridgehead atoms. The number of nitrogens with zero attached hydrogens (tertiary/aromatic N) is 2. The van der Waals surface area contributed by atoms with Crippen LogP contribution in [0.25, 0.3) is 34.0 Å². The Morgan fingerprint density at radius 3 is 1.77 bits per heavy atom. The number of anilines is 3. The van der Waals surface area contributed by atoms with E-state index in [1.165, 1.54) is 32.9 Å². The molecule has 0 spiro atoms. The molecule has 6 rings (SSSR count). The lowest BCUT2D eigenvalue weighted by Gasteiger charge is -2.25. The lowest BCUT2D eigenvalue weighted by Crippen LogP contribution is -2.09. The zero-order chi connectivity index (χ0) is 23.6. The summed E-state index contributed by atoms with van der Waals surface area (Å²) in [4.78, 5) is 2.33. The fourth-order valence-electron chi connectivity index (χ4n) is 4.81. The Labute approximate surface area is 206 Å². The molecule has 0 aliphatic carbocycles. The standard InChI is InChI=1S/C33H26N2/c1-34-32-15-9-8-14-30(32)31-24-29(22-23-33(31)34)35(27-12-6-3-7-13-27)28-20-18-26(19-21-28)17-16-25-10-4-2-5-11-25/h2-24H,1H3. The Bertz CT molecular complexity index is 1630. The molecule has 0 amide bonds. The number of fused-ring (bicyclic) bond motifs is 3. The van der Waals surface area contributed by atoms with Crippen LogP contribution in [0.1, 0.15) is 11.1 Å². The van der Waals surface area contributed by atoms with Crippen molar-refractivity contribution in [1.29, 1.82) is 0 Å². The lowest BCUT2D eigenvalue weighted by molar-refractivity contribution is 1.01. The third-order valence-electron chi connectivity index (χ3n) is 6.59. The van der Waals surface area contributed by atoms with Crippen LogP contribution in [0.2, 0.25) is 0 Å². The van der Waals surface area contributed by atoms with E-state index in [-0.39, 0.29) is 0 Å². The van der Waals surface area contributed by atoms with E-state index in [0.29, 0.717) is 0 Å². The first-order valence-corrected chi connectivity index (χ1v) is 11.9. The molecule has 5 aromatic carbocycles. The monoisotopic (exact) mass is 450 g/mol. The summed E-state index contributed by atoms with van der Waals surface area (Å²) < 4.78 is 2.27. The van der Waals surface area contributed by atoms with Crippen LogP contribution in [0.3, 0.4) is 0 Å². The zero-order valence-electron chi connectivity index (χ0n) is 19.7. The first-order chi connectivity index (χ1) is 17.3. The maximum atomic E-state index is 2.33. The van der Waals surface area contributed by atoms with Crippen molar-refractivity contribution < 1.29 is 0 Å². The van der Waals surface area contributed by atoms with Gasteiger partial charge in [0, 0.05) is 45.9 Å². The van der Waals surface area contributed by atoms with Crippen LogP contribution in [-0.4, -0.2) is 4.57 Å². The van der Waals surface area contributed by atoms with Crippen LogP contribution in [0, 0.1) is 0 Å². The number of rotatable bonds is 5. The van der Waals surface area contributed by atoms with Crippen molar-refractivity contribution in [2.45, 2.75) is 0 Å². The smallest absolute Gasteiger partial charge is 0.0490 e. The highest BCUT2D eigenvalue weighted by atomic mass is 15.1. The topological polar surface area (TPSA) is 8.17 Å². The molecule has 1 heterocycles. The molecule has 0 unspecified atom stereocenters. The fourth-order valence-corrected chi connectivity index (χ4v) is 4.81. The molecule has 168 valence electrons. The van der Waals surface area contributed by atoms with Crippen LogP contribution < -0.4 is 4.90 Å². The van der Waals surface area contributed by atoms with Gasteiger partial charge in [0.1, 0.15) is 0 Å². The molecule has 0 fully saturated rings. The van der Waals surface area contributed by atoms with Gasteiger partial charge in [-0.25, -0.2) is 0 Å². The predicted molar refractivity (Wildman–Crippen MR) is 150 cm³/mol. The molecule has 2 heteroatoms. The largest absolute Gasteiger partial charge is 0.344 e. The molecule has 0 aliphatic heterocycles. The second kappa shape index (κ2) is 9.00. The van der Waals surface area contributed by atoms with E-state index < -0.39 is 0 Å². The van der Waals surface area contributed by atoms with E-state index in [0.717, 1.165) is 17.1 Å². The number of hydrogen-bond acceptors (Lipinski definition) is 1. The molecule has 35 heavy (non-hydrogen) atoms. The number of aromatic nitrogens is 1. The van der Waals surface area contributed by atoms with Gasteiger partial charge >= 0.3 is 0 Å². The van der Waals surface area contributed by atoms with Crippen LogP contribution >= 0.6 is 0 Å². The summed E-state index contributed by atoms with van der Waals surface area (Å²) in [5.74, 6) is 0. The highest BCUT2D eigenvalue weighted by Crippen LogP contribution is 2.38.